The molecule has 0 spiro atoms. The highest BCUT2D eigenvalue weighted by Crippen LogP contribution is 2.30. The van der Waals surface area contributed by atoms with E-state index in [9.17, 15) is 14.4 Å². The fraction of sp³-hybridized carbons (Fsp3) is 0.200. The zero-order chi connectivity index (χ0) is 24.9. The molecule has 8 nitrogen and oxygen atoms in total. The van der Waals surface area contributed by atoms with E-state index < -0.39 is 5.82 Å². The number of benzene rings is 2. The lowest BCUT2D eigenvalue weighted by Gasteiger charge is -2.13. The molecule has 0 aliphatic heterocycles. The van der Waals surface area contributed by atoms with E-state index in [1.807, 2.05) is 38.1 Å². The number of anilines is 1. The number of carbonyl (C=O) groups is 1. The number of aromatic amines is 1. The standard InChI is InChI=1S/C25H23FN6O2S/c1-15-7-4-5-10-21(15)34-13-22-28-25(31-30-22)35-14-23(33)29-24-20(12-27)16(2)17(3)32(24)19-9-6-8-18(26)11-19/h4-11H,13-14H2,1-3H3,(H,29,33)(H,28,30,31). The van der Waals surface area contributed by atoms with Gasteiger partial charge in [0.2, 0.25) is 11.1 Å². The summed E-state index contributed by atoms with van der Waals surface area (Å²) >= 11 is 1.15. The van der Waals surface area contributed by atoms with E-state index in [1.54, 1.807) is 23.6 Å². The molecule has 0 saturated carbocycles. The van der Waals surface area contributed by atoms with Crippen LogP contribution in [0.2, 0.25) is 0 Å². The Morgan fingerprint density at radius 3 is 2.77 bits per heavy atom. The number of aromatic nitrogens is 4. The van der Waals surface area contributed by atoms with E-state index in [0.29, 0.717) is 33.6 Å². The van der Waals surface area contributed by atoms with E-state index in [2.05, 4.69) is 26.6 Å². The van der Waals surface area contributed by atoms with Crippen LogP contribution in [0.5, 0.6) is 5.75 Å². The van der Waals surface area contributed by atoms with E-state index in [4.69, 9.17) is 4.74 Å². The number of nitrogens with zero attached hydrogens (tertiary/aromatic N) is 4. The summed E-state index contributed by atoms with van der Waals surface area (Å²) in [4.78, 5) is 17.1. The molecule has 0 fully saturated rings. The second-order valence-corrected chi connectivity index (χ2v) is 8.76. The van der Waals surface area contributed by atoms with Gasteiger partial charge in [-0.25, -0.2) is 9.37 Å². The minimum atomic E-state index is -0.411. The van der Waals surface area contributed by atoms with Gasteiger partial charge in [-0.1, -0.05) is 36.0 Å². The summed E-state index contributed by atoms with van der Waals surface area (Å²) in [6.45, 7) is 5.79. The molecule has 2 aromatic carbocycles. The third-order valence-electron chi connectivity index (χ3n) is 5.45. The van der Waals surface area contributed by atoms with Crippen LogP contribution in [0, 0.1) is 37.9 Å². The normalized spacial score (nSPS) is 10.7. The highest BCUT2D eigenvalue weighted by Gasteiger charge is 2.21. The van der Waals surface area contributed by atoms with E-state index in [1.165, 1.54) is 12.1 Å². The molecule has 2 heterocycles. The van der Waals surface area contributed by atoms with Crippen LogP contribution in [0.15, 0.2) is 53.7 Å². The lowest BCUT2D eigenvalue weighted by atomic mass is 10.2. The number of nitrogens with one attached hydrogen (secondary N) is 2. The zero-order valence-corrected chi connectivity index (χ0v) is 20.2. The van der Waals surface area contributed by atoms with Gasteiger partial charge in [0.25, 0.3) is 0 Å². The van der Waals surface area contributed by atoms with Crippen molar-refractivity contribution in [1.29, 1.82) is 5.26 Å². The second kappa shape index (κ2) is 10.4. The Kier molecular flexibility index (Phi) is 7.17. The summed E-state index contributed by atoms with van der Waals surface area (Å²) in [5.74, 6) is 0.871. The Labute approximate surface area is 206 Å². The molecule has 2 N–H and O–H groups in total. The van der Waals surface area contributed by atoms with Crippen LogP contribution >= 0.6 is 11.8 Å². The molecule has 0 atom stereocenters. The second-order valence-electron chi connectivity index (χ2n) is 7.82. The number of H-pyrrole nitrogens is 1. The van der Waals surface area contributed by atoms with Gasteiger partial charge in [0.1, 0.15) is 30.1 Å². The van der Waals surface area contributed by atoms with Gasteiger partial charge in [-0.15, -0.1) is 5.10 Å². The Morgan fingerprint density at radius 2 is 2.03 bits per heavy atom. The van der Waals surface area contributed by atoms with Crippen molar-refractivity contribution in [1.82, 2.24) is 19.7 Å². The fourth-order valence-corrected chi connectivity index (χ4v) is 4.19. The van der Waals surface area contributed by atoms with Crippen molar-refractivity contribution in [3.05, 3.63) is 82.6 Å². The molecule has 0 unspecified atom stereocenters. The fourth-order valence-electron chi connectivity index (χ4n) is 3.57. The summed E-state index contributed by atoms with van der Waals surface area (Å²) in [6, 6.07) is 15.8. The molecular weight excluding hydrogens is 467 g/mol. The van der Waals surface area contributed by atoms with Gasteiger partial charge >= 0.3 is 0 Å². The van der Waals surface area contributed by atoms with Crippen molar-refractivity contribution in [2.75, 3.05) is 11.1 Å². The molecule has 2 aromatic heterocycles. The lowest BCUT2D eigenvalue weighted by Crippen LogP contribution is -2.18. The highest BCUT2D eigenvalue weighted by molar-refractivity contribution is 7.99. The summed E-state index contributed by atoms with van der Waals surface area (Å²) in [7, 11) is 0. The van der Waals surface area contributed by atoms with Crippen molar-refractivity contribution in [2.45, 2.75) is 32.5 Å². The van der Waals surface area contributed by atoms with Gasteiger partial charge in [0.05, 0.1) is 17.0 Å². The molecular formula is C25H23FN6O2S. The van der Waals surface area contributed by atoms with Crippen LogP contribution in [-0.2, 0) is 11.4 Å². The third-order valence-corrected chi connectivity index (χ3v) is 6.30. The number of hydrogen-bond donors (Lipinski definition) is 2. The Hall–Kier alpha value is -4.10. The number of aryl methyl sites for hydroxylation is 1. The lowest BCUT2D eigenvalue weighted by molar-refractivity contribution is -0.113. The first-order valence-electron chi connectivity index (χ1n) is 10.8. The maximum Gasteiger partial charge on any atom is 0.236 e. The first-order chi connectivity index (χ1) is 16.9. The monoisotopic (exact) mass is 490 g/mol. The van der Waals surface area contributed by atoms with Crippen LogP contribution in [0.4, 0.5) is 10.2 Å². The van der Waals surface area contributed by atoms with Gasteiger partial charge in [-0.3, -0.25) is 14.5 Å². The quantitative estimate of drug-likeness (QED) is 0.342. The van der Waals surface area contributed by atoms with Gasteiger partial charge in [-0.05, 0) is 56.2 Å². The molecule has 4 rings (SSSR count). The van der Waals surface area contributed by atoms with Gasteiger partial charge < -0.3 is 10.1 Å². The minimum absolute atomic E-state index is 0.0211. The third kappa shape index (κ3) is 5.36. The molecule has 0 saturated heterocycles. The largest absolute Gasteiger partial charge is 0.485 e. The number of amides is 1. The van der Waals surface area contributed by atoms with Crippen molar-refractivity contribution in [3.63, 3.8) is 0 Å². The summed E-state index contributed by atoms with van der Waals surface area (Å²) in [6.07, 6.45) is 0. The Balaban J connectivity index is 1.43. The molecule has 0 radical (unpaired) electrons. The van der Waals surface area contributed by atoms with Crippen molar-refractivity contribution >= 4 is 23.5 Å². The van der Waals surface area contributed by atoms with Gasteiger partial charge in [0.15, 0.2) is 5.82 Å². The van der Waals surface area contributed by atoms with Crippen LogP contribution in [0.1, 0.15) is 28.2 Å². The molecule has 4 aromatic rings. The number of ether oxygens (including phenoxy) is 1. The minimum Gasteiger partial charge on any atom is -0.485 e. The van der Waals surface area contributed by atoms with Gasteiger partial charge in [-0.2, -0.15) is 5.26 Å². The van der Waals surface area contributed by atoms with E-state index in [-0.39, 0.29) is 18.3 Å². The first kappa shape index (κ1) is 24.0. The molecule has 0 bridgehead atoms. The number of nitriles is 1. The molecule has 10 heteroatoms. The summed E-state index contributed by atoms with van der Waals surface area (Å²) < 4.78 is 21.3. The van der Waals surface area contributed by atoms with E-state index >= 15 is 0 Å². The predicted molar refractivity (Wildman–Crippen MR) is 131 cm³/mol. The van der Waals surface area contributed by atoms with E-state index in [0.717, 1.165) is 28.8 Å². The van der Waals surface area contributed by atoms with Crippen molar-refractivity contribution < 1.29 is 13.9 Å². The molecule has 178 valence electrons. The Bertz CT molecular complexity index is 1420. The molecule has 0 aliphatic carbocycles. The summed E-state index contributed by atoms with van der Waals surface area (Å²) in [5.41, 5.74) is 3.32. The van der Waals surface area contributed by atoms with Crippen molar-refractivity contribution in [3.8, 4) is 17.5 Å². The van der Waals surface area contributed by atoms with Crippen LogP contribution in [0.3, 0.4) is 0 Å². The molecule has 0 aliphatic rings. The topological polar surface area (TPSA) is 109 Å². The highest BCUT2D eigenvalue weighted by atomic mass is 32.2. The number of rotatable bonds is 8. The number of para-hydroxylation sites is 1. The maximum atomic E-state index is 13.9. The SMILES string of the molecule is Cc1ccccc1OCc1nc(SCC(=O)Nc2c(C#N)c(C)c(C)n2-c2cccc(F)c2)n[nH]1. The predicted octanol–water partition coefficient (Wildman–Crippen LogP) is 4.84. The average molecular weight is 491 g/mol. The molecule has 1 amide bonds. The smallest absolute Gasteiger partial charge is 0.236 e. The number of halogens is 1. The molecule has 35 heavy (non-hydrogen) atoms. The first-order valence-corrected chi connectivity index (χ1v) is 11.8. The van der Waals surface area contributed by atoms with Crippen LogP contribution in [0.25, 0.3) is 5.69 Å². The number of thioether (sulfide) groups is 1. The number of carbonyl (C=O) groups excluding carboxylic acids is 1. The Morgan fingerprint density at radius 1 is 1.23 bits per heavy atom. The average Bonchev–Trinajstić information content (AvgIpc) is 3.39. The zero-order valence-electron chi connectivity index (χ0n) is 19.4. The number of hydrogen-bond acceptors (Lipinski definition) is 6. The van der Waals surface area contributed by atoms with Crippen molar-refractivity contribution in [2.24, 2.45) is 0 Å². The van der Waals surface area contributed by atoms with Crippen LogP contribution in [-0.4, -0.2) is 31.4 Å². The van der Waals surface area contributed by atoms with Crippen LogP contribution < -0.4 is 10.1 Å². The summed E-state index contributed by atoms with van der Waals surface area (Å²) in [5, 5.41) is 19.8. The van der Waals surface area contributed by atoms with Gasteiger partial charge in [0, 0.05) is 5.69 Å². The maximum absolute atomic E-state index is 13.9.